The summed E-state index contributed by atoms with van der Waals surface area (Å²) in [4.78, 5) is 14.4. The highest BCUT2D eigenvalue weighted by Gasteiger charge is 2.35. The van der Waals surface area contributed by atoms with Gasteiger partial charge in [-0.3, -0.25) is 4.79 Å². The number of para-hydroxylation sites is 2. The van der Waals surface area contributed by atoms with E-state index >= 15 is 0 Å². The molecule has 0 saturated heterocycles. The Morgan fingerprint density at radius 1 is 1.33 bits per heavy atom. The molecular formula is C14H18N2O2. The van der Waals surface area contributed by atoms with Crippen molar-refractivity contribution in [2.45, 2.75) is 25.3 Å². The second-order valence-corrected chi connectivity index (χ2v) is 5.01. The third kappa shape index (κ3) is 1.86. The molecule has 0 spiro atoms. The Labute approximate surface area is 107 Å². The molecule has 0 bridgehead atoms. The summed E-state index contributed by atoms with van der Waals surface area (Å²) < 4.78 is 5.57. The molecule has 96 valence electrons. The van der Waals surface area contributed by atoms with Crippen LogP contribution in [0.15, 0.2) is 24.3 Å². The number of amides is 1. The lowest BCUT2D eigenvalue weighted by atomic mass is 10.0. The number of carbonyl (C=O) groups is 1. The van der Waals surface area contributed by atoms with Crippen LogP contribution in [0.1, 0.15) is 19.3 Å². The lowest BCUT2D eigenvalue weighted by Gasteiger charge is -2.32. The highest BCUT2D eigenvalue weighted by Crippen LogP contribution is 2.34. The Morgan fingerprint density at radius 3 is 2.94 bits per heavy atom. The van der Waals surface area contributed by atoms with Gasteiger partial charge in [0, 0.05) is 6.04 Å². The maximum Gasteiger partial charge on any atom is 0.231 e. The van der Waals surface area contributed by atoms with Gasteiger partial charge in [0.1, 0.15) is 12.4 Å². The van der Waals surface area contributed by atoms with E-state index in [9.17, 15) is 4.79 Å². The van der Waals surface area contributed by atoms with Gasteiger partial charge in [0.15, 0.2) is 0 Å². The molecule has 1 saturated carbocycles. The molecule has 2 atom stereocenters. The molecular weight excluding hydrogens is 228 g/mol. The average Bonchev–Trinajstić information content (AvgIpc) is 2.83. The molecule has 1 aromatic rings. The number of hydrogen-bond acceptors (Lipinski definition) is 3. The van der Waals surface area contributed by atoms with Crippen molar-refractivity contribution in [2.24, 2.45) is 11.7 Å². The highest BCUT2D eigenvalue weighted by atomic mass is 16.5. The van der Waals surface area contributed by atoms with Crippen molar-refractivity contribution in [3.05, 3.63) is 24.3 Å². The zero-order valence-electron chi connectivity index (χ0n) is 10.3. The molecule has 1 aromatic carbocycles. The SMILES string of the molecule is NC1CCCC1C(=O)N1CCOc2ccccc21. The predicted octanol–water partition coefficient (Wildman–Crippen LogP) is 1.54. The van der Waals surface area contributed by atoms with E-state index in [4.69, 9.17) is 10.5 Å². The van der Waals surface area contributed by atoms with Gasteiger partial charge in [-0.15, -0.1) is 0 Å². The fraction of sp³-hybridized carbons (Fsp3) is 0.500. The Kier molecular flexibility index (Phi) is 2.96. The molecule has 1 aliphatic heterocycles. The fourth-order valence-corrected chi connectivity index (χ4v) is 2.89. The summed E-state index contributed by atoms with van der Waals surface area (Å²) >= 11 is 0. The van der Waals surface area contributed by atoms with Gasteiger partial charge in [0.05, 0.1) is 18.2 Å². The van der Waals surface area contributed by atoms with E-state index in [1.54, 1.807) is 0 Å². The van der Waals surface area contributed by atoms with Crippen LogP contribution in [0.25, 0.3) is 0 Å². The first-order chi connectivity index (χ1) is 8.77. The van der Waals surface area contributed by atoms with Crippen LogP contribution in [0.4, 0.5) is 5.69 Å². The van der Waals surface area contributed by atoms with Crippen LogP contribution in [0.5, 0.6) is 5.75 Å². The highest BCUT2D eigenvalue weighted by molar-refractivity contribution is 5.97. The normalized spacial score (nSPS) is 26.6. The Hall–Kier alpha value is -1.55. The van der Waals surface area contributed by atoms with Crippen LogP contribution in [-0.4, -0.2) is 25.1 Å². The molecule has 1 heterocycles. The maximum absolute atomic E-state index is 12.6. The quantitative estimate of drug-likeness (QED) is 0.817. The van der Waals surface area contributed by atoms with E-state index < -0.39 is 0 Å². The first-order valence-corrected chi connectivity index (χ1v) is 6.56. The molecule has 2 unspecified atom stereocenters. The summed E-state index contributed by atoms with van der Waals surface area (Å²) in [5, 5.41) is 0. The Bertz CT molecular complexity index is 461. The van der Waals surface area contributed by atoms with Gasteiger partial charge in [0.2, 0.25) is 5.91 Å². The molecule has 1 fully saturated rings. The van der Waals surface area contributed by atoms with Crippen LogP contribution < -0.4 is 15.4 Å². The molecule has 1 aliphatic carbocycles. The fourth-order valence-electron chi connectivity index (χ4n) is 2.89. The second-order valence-electron chi connectivity index (χ2n) is 5.01. The summed E-state index contributed by atoms with van der Waals surface area (Å²) in [6.07, 6.45) is 2.94. The topological polar surface area (TPSA) is 55.6 Å². The van der Waals surface area contributed by atoms with Crippen molar-refractivity contribution >= 4 is 11.6 Å². The number of fused-ring (bicyclic) bond motifs is 1. The number of rotatable bonds is 1. The zero-order chi connectivity index (χ0) is 12.5. The van der Waals surface area contributed by atoms with Crippen LogP contribution in [-0.2, 0) is 4.79 Å². The summed E-state index contributed by atoms with van der Waals surface area (Å²) in [5.74, 6) is 0.940. The maximum atomic E-state index is 12.6. The lowest BCUT2D eigenvalue weighted by Crippen LogP contribution is -2.45. The van der Waals surface area contributed by atoms with Gasteiger partial charge in [0.25, 0.3) is 0 Å². The number of nitrogens with two attached hydrogens (primary N) is 1. The number of carbonyl (C=O) groups excluding carboxylic acids is 1. The van der Waals surface area contributed by atoms with Gasteiger partial charge >= 0.3 is 0 Å². The van der Waals surface area contributed by atoms with Crippen molar-refractivity contribution < 1.29 is 9.53 Å². The summed E-state index contributed by atoms with van der Waals surface area (Å²) in [6, 6.07) is 7.72. The van der Waals surface area contributed by atoms with E-state index in [1.807, 2.05) is 29.2 Å². The van der Waals surface area contributed by atoms with E-state index in [0.29, 0.717) is 13.2 Å². The predicted molar refractivity (Wildman–Crippen MR) is 69.6 cm³/mol. The van der Waals surface area contributed by atoms with E-state index in [0.717, 1.165) is 30.7 Å². The first kappa shape index (κ1) is 11.5. The zero-order valence-corrected chi connectivity index (χ0v) is 10.3. The van der Waals surface area contributed by atoms with E-state index in [2.05, 4.69) is 0 Å². The van der Waals surface area contributed by atoms with Gasteiger partial charge in [-0.05, 0) is 25.0 Å². The third-order valence-corrected chi connectivity index (χ3v) is 3.88. The van der Waals surface area contributed by atoms with Crippen molar-refractivity contribution in [2.75, 3.05) is 18.1 Å². The van der Waals surface area contributed by atoms with Gasteiger partial charge < -0.3 is 15.4 Å². The molecule has 1 amide bonds. The van der Waals surface area contributed by atoms with E-state index in [1.165, 1.54) is 0 Å². The molecule has 3 rings (SSSR count). The van der Waals surface area contributed by atoms with Crippen molar-refractivity contribution in [1.29, 1.82) is 0 Å². The minimum Gasteiger partial charge on any atom is -0.490 e. The number of anilines is 1. The smallest absolute Gasteiger partial charge is 0.231 e. The standard InChI is InChI=1S/C14H18N2O2/c15-11-5-3-4-10(11)14(17)16-8-9-18-13-7-2-1-6-12(13)16/h1-2,6-7,10-11H,3-5,8-9,15H2. The number of nitrogens with zero attached hydrogens (tertiary/aromatic N) is 1. The van der Waals surface area contributed by atoms with Gasteiger partial charge in [-0.25, -0.2) is 0 Å². The molecule has 4 nitrogen and oxygen atoms in total. The van der Waals surface area contributed by atoms with Crippen LogP contribution in [0, 0.1) is 5.92 Å². The molecule has 2 N–H and O–H groups in total. The van der Waals surface area contributed by atoms with Crippen LogP contribution >= 0.6 is 0 Å². The Balaban J connectivity index is 1.87. The van der Waals surface area contributed by atoms with E-state index in [-0.39, 0.29) is 17.9 Å². The number of ether oxygens (including phenoxy) is 1. The summed E-state index contributed by atoms with van der Waals surface area (Å²) in [6.45, 7) is 1.18. The second kappa shape index (κ2) is 4.61. The minimum atomic E-state index is -0.0174. The molecule has 18 heavy (non-hydrogen) atoms. The molecule has 4 heteroatoms. The van der Waals surface area contributed by atoms with Crippen LogP contribution in [0.3, 0.4) is 0 Å². The summed E-state index contributed by atoms with van der Waals surface area (Å²) in [7, 11) is 0. The molecule has 0 radical (unpaired) electrons. The largest absolute Gasteiger partial charge is 0.490 e. The minimum absolute atomic E-state index is 0.0174. The number of hydrogen-bond donors (Lipinski definition) is 1. The Morgan fingerprint density at radius 2 is 2.17 bits per heavy atom. The first-order valence-electron chi connectivity index (χ1n) is 6.56. The van der Waals surface area contributed by atoms with Crippen molar-refractivity contribution in [3.63, 3.8) is 0 Å². The third-order valence-electron chi connectivity index (χ3n) is 3.88. The summed E-state index contributed by atoms with van der Waals surface area (Å²) in [5.41, 5.74) is 6.91. The van der Waals surface area contributed by atoms with Crippen LogP contribution in [0.2, 0.25) is 0 Å². The van der Waals surface area contributed by atoms with Crippen molar-refractivity contribution in [1.82, 2.24) is 0 Å². The van der Waals surface area contributed by atoms with Gasteiger partial charge in [-0.1, -0.05) is 18.6 Å². The van der Waals surface area contributed by atoms with Gasteiger partial charge in [-0.2, -0.15) is 0 Å². The molecule has 0 aromatic heterocycles. The lowest BCUT2D eigenvalue weighted by molar-refractivity contribution is -0.122. The monoisotopic (exact) mass is 246 g/mol. The number of benzene rings is 1. The molecule has 2 aliphatic rings. The van der Waals surface area contributed by atoms with Crippen molar-refractivity contribution in [3.8, 4) is 5.75 Å². The average molecular weight is 246 g/mol.